The SMILES string of the molecule is Cn1c(=O)n(C2CCC(=O)NC2=O)c2cccc(C#CCN3CCN(CC4CCC(N=CC(NC(=O)C(=CN)c5nccc(N6CCCC6)n5)=C(N)C(F)F)CC4)CC3)c21. The van der Waals surface area contributed by atoms with Crippen LogP contribution in [0.5, 0.6) is 0 Å². The Morgan fingerprint density at radius 2 is 1.77 bits per heavy atom. The first-order valence-corrected chi connectivity index (χ1v) is 20.6. The number of nitrogens with one attached hydrogen (secondary N) is 2. The second-order valence-electron chi connectivity index (χ2n) is 15.8. The number of allylic oxidation sites excluding steroid dienone is 2. The normalized spacial score (nSPS) is 22.6. The third kappa shape index (κ3) is 9.58. The highest BCUT2D eigenvalue weighted by molar-refractivity contribution is 6.19. The molecule has 1 aromatic carbocycles. The summed E-state index contributed by atoms with van der Waals surface area (Å²) in [6, 6.07) is 6.41. The number of carbonyl (C=O) groups excluding carboxylic acids is 3. The van der Waals surface area contributed by atoms with Crippen molar-refractivity contribution >= 4 is 46.4 Å². The first-order chi connectivity index (χ1) is 29.0. The maximum Gasteiger partial charge on any atom is 0.329 e. The zero-order valence-electron chi connectivity index (χ0n) is 33.8. The standard InChI is InChI=1S/C42H52F2N12O4/c1-52-37-28(6-4-8-32(37)56(42(52)60)33-13-14-35(57)51-41(33)59)7-5-17-53-20-22-54(23-21-53)26-27-9-11-29(12-10-27)48-25-31(36(46)38(43)44)49-40(58)30(24-45)39-47-16-15-34(50-39)55-18-2-3-19-55/h4,6,8,15-16,24-25,27,29,33,38H,2-3,9-14,17-23,26,45-46H2,1H3,(H,49,58)(H,51,57,59). The van der Waals surface area contributed by atoms with Crippen LogP contribution in [0.4, 0.5) is 14.6 Å². The van der Waals surface area contributed by atoms with Gasteiger partial charge in [-0.1, -0.05) is 17.9 Å². The Morgan fingerprint density at radius 3 is 2.47 bits per heavy atom. The summed E-state index contributed by atoms with van der Waals surface area (Å²) in [5.41, 5.74) is 12.1. The Morgan fingerprint density at radius 1 is 1.03 bits per heavy atom. The molecule has 4 aliphatic rings. The smallest absolute Gasteiger partial charge is 0.329 e. The van der Waals surface area contributed by atoms with Crippen molar-refractivity contribution in [3.05, 3.63) is 69.9 Å². The van der Waals surface area contributed by atoms with Gasteiger partial charge in [0.15, 0.2) is 5.82 Å². The van der Waals surface area contributed by atoms with Crippen molar-refractivity contribution in [2.45, 2.75) is 69.9 Å². The fourth-order valence-corrected chi connectivity index (χ4v) is 8.51. The minimum Gasteiger partial charge on any atom is -0.404 e. The zero-order chi connectivity index (χ0) is 42.3. The molecule has 16 nitrogen and oxygen atoms in total. The number of nitrogens with two attached hydrogens (primary N) is 2. The molecule has 7 rings (SSSR count). The number of imidazole rings is 1. The number of piperidine rings is 1. The third-order valence-corrected chi connectivity index (χ3v) is 11.9. The van der Waals surface area contributed by atoms with Gasteiger partial charge < -0.3 is 26.6 Å². The molecule has 5 heterocycles. The van der Waals surface area contributed by atoms with Crippen molar-refractivity contribution in [3.8, 4) is 11.8 Å². The first-order valence-electron chi connectivity index (χ1n) is 20.6. The number of hydrogen-bond acceptors (Lipinski definition) is 12. The predicted octanol–water partition coefficient (Wildman–Crippen LogP) is 1.86. The number of aliphatic imine (C=N–C) groups is 1. The topological polar surface area (TPSA) is 202 Å². The van der Waals surface area contributed by atoms with Crippen LogP contribution in [0.2, 0.25) is 0 Å². The second kappa shape index (κ2) is 19.0. The van der Waals surface area contributed by atoms with Crippen LogP contribution in [-0.2, 0) is 21.4 Å². The average Bonchev–Trinajstić information content (AvgIpc) is 3.88. The summed E-state index contributed by atoms with van der Waals surface area (Å²) in [6.45, 7) is 6.78. The Bertz CT molecular complexity index is 2300. The van der Waals surface area contributed by atoms with Crippen LogP contribution >= 0.6 is 0 Å². The number of benzene rings is 1. The number of amides is 3. The van der Waals surface area contributed by atoms with Crippen molar-refractivity contribution in [3.63, 3.8) is 0 Å². The Kier molecular flexibility index (Phi) is 13.3. The molecule has 1 atom stereocenters. The molecule has 0 bridgehead atoms. The van der Waals surface area contributed by atoms with E-state index in [2.05, 4.69) is 52.1 Å². The van der Waals surface area contributed by atoms with Gasteiger partial charge >= 0.3 is 5.69 Å². The van der Waals surface area contributed by atoms with Crippen LogP contribution in [0, 0.1) is 17.8 Å². The highest BCUT2D eigenvalue weighted by Crippen LogP contribution is 2.28. The van der Waals surface area contributed by atoms with Gasteiger partial charge in [0.1, 0.15) is 17.6 Å². The molecule has 3 saturated heterocycles. The predicted molar refractivity (Wildman–Crippen MR) is 224 cm³/mol. The Balaban J connectivity index is 0.883. The van der Waals surface area contributed by atoms with E-state index < -0.39 is 30.0 Å². The lowest BCUT2D eigenvalue weighted by Crippen LogP contribution is -2.48. The van der Waals surface area contributed by atoms with E-state index in [0.717, 1.165) is 90.5 Å². The molecule has 318 valence electrons. The van der Waals surface area contributed by atoms with Crippen molar-refractivity contribution in [1.82, 2.24) is 39.5 Å². The number of aryl methyl sites for hydroxylation is 1. The molecule has 1 saturated carbocycles. The third-order valence-electron chi connectivity index (χ3n) is 11.9. The molecule has 1 unspecified atom stereocenters. The lowest BCUT2D eigenvalue weighted by atomic mass is 9.86. The monoisotopic (exact) mass is 826 g/mol. The number of aromatic nitrogens is 4. The highest BCUT2D eigenvalue weighted by Gasteiger charge is 2.32. The summed E-state index contributed by atoms with van der Waals surface area (Å²) in [5.74, 6) is 6.21. The Hall–Kier alpha value is -5.93. The van der Waals surface area contributed by atoms with Gasteiger partial charge in [-0.2, -0.15) is 0 Å². The van der Waals surface area contributed by atoms with Gasteiger partial charge in [0.25, 0.3) is 12.3 Å². The number of piperazine rings is 1. The summed E-state index contributed by atoms with van der Waals surface area (Å²) in [4.78, 5) is 71.0. The van der Waals surface area contributed by atoms with Crippen LogP contribution in [0.15, 0.2) is 57.8 Å². The van der Waals surface area contributed by atoms with Gasteiger partial charge in [-0.15, -0.1) is 0 Å². The van der Waals surface area contributed by atoms with E-state index in [1.54, 1.807) is 19.2 Å². The molecule has 0 radical (unpaired) electrons. The fourth-order valence-electron chi connectivity index (χ4n) is 8.51. The molecule has 1 aliphatic carbocycles. The number of anilines is 1. The lowest BCUT2D eigenvalue weighted by Gasteiger charge is -2.37. The van der Waals surface area contributed by atoms with E-state index >= 15 is 0 Å². The second-order valence-corrected chi connectivity index (χ2v) is 15.8. The molecular weight excluding hydrogens is 775 g/mol. The van der Waals surface area contributed by atoms with Crippen molar-refractivity contribution < 1.29 is 23.2 Å². The van der Waals surface area contributed by atoms with Crippen LogP contribution in [0.25, 0.3) is 16.6 Å². The molecule has 60 heavy (non-hydrogen) atoms. The highest BCUT2D eigenvalue weighted by atomic mass is 19.3. The summed E-state index contributed by atoms with van der Waals surface area (Å²) < 4.78 is 30.6. The average molecular weight is 827 g/mol. The van der Waals surface area contributed by atoms with Gasteiger partial charge in [-0.25, -0.2) is 23.5 Å². The van der Waals surface area contributed by atoms with E-state index in [0.29, 0.717) is 34.9 Å². The van der Waals surface area contributed by atoms with Crippen LogP contribution in [-0.4, -0.2) is 118 Å². The first kappa shape index (κ1) is 42.2. The van der Waals surface area contributed by atoms with E-state index in [1.165, 1.54) is 21.5 Å². The number of alkyl halides is 2. The van der Waals surface area contributed by atoms with Crippen LogP contribution in [0.3, 0.4) is 0 Å². The molecule has 3 amide bonds. The minimum atomic E-state index is -3.01. The van der Waals surface area contributed by atoms with Gasteiger partial charge in [0, 0.05) is 77.9 Å². The number of fused-ring (bicyclic) bond motifs is 1. The lowest BCUT2D eigenvalue weighted by molar-refractivity contribution is -0.135. The zero-order valence-corrected chi connectivity index (χ0v) is 33.8. The molecule has 6 N–H and O–H groups in total. The van der Waals surface area contributed by atoms with E-state index in [4.69, 9.17) is 11.5 Å². The number of halogens is 2. The van der Waals surface area contributed by atoms with Crippen molar-refractivity contribution in [2.24, 2.45) is 29.4 Å². The number of carbonyl (C=O) groups is 3. The molecule has 18 heteroatoms. The number of imide groups is 1. The maximum atomic E-state index is 13.8. The summed E-state index contributed by atoms with van der Waals surface area (Å²) >= 11 is 0. The number of nitrogens with zero attached hydrogens (tertiary/aromatic N) is 8. The fraction of sp³-hybridized carbons (Fsp3) is 0.500. The van der Waals surface area contributed by atoms with Crippen molar-refractivity contribution in [1.29, 1.82) is 0 Å². The molecule has 3 aromatic rings. The number of rotatable bonds is 11. The van der Waals surface area contributed by atoms with Crippen LogP contribution in [0.1, 0.15) is 68.8 Å². The number of hydrogen-bond donors (Lipinski definition) is 4. The largest absolute Gasteiger partial charge is 0.404 e. The van der Waals surface area contributed by atoms with Gasteiger partial charge in [0.05, 0.1) is 40.5 Å². The molecule has 2 aromatic heterocycles. The summed E-state index contributed by atoms with van der Waals surface area (Å²) in [6.07, 6.45) is 6.80. The van der Waals surface area contributed by atoms with Crippen LogP contribution < -0.4 is 32.7 Å². The molecular formula is C42H52F2N12O4. The summed E-state index contributed by atoms with van der Waals surface area (Å²) in [7, 11) is 1.67. The van der Waals surface area contributed by atoms with E-state index in [1.807, 2.05) is 12.1 Å². The maximum absolute atomic E-state index is 13.8. The summed E-state index contributed by atoms with van der Waals surface area (Å²) in [5, 5.41) is 4.82. The van der Waals surface area contributed by atoms with Gasteiger partial charge in [-0.3, -0.25) is 38.7 Å². The quantitative estimate of drug-likeness (QED) is 0.0952. The molecule has 3 aliphatic heterocycles. The number of para-hydroxylation sites is 1. The van der Waals surface area contributed by atoms with E-state index in [9.17, 15) is 28.0 Å². The molecule has 4 fully saturated rings. The minimum absolute atomic E-state index is 0.0679. The van der Waals surface area contributed by atoms with Gasteiger partial charge in [-0.05, 0) is 69.1 Å². The van der Waals surface area contributed by atoms with E-state index in [-0.39, 0.29) is 47.6 Å². The Labute approximate surface area is 346 Å². The van der Waals surface area contributed by atoms with Crippen molar-refractivity contribution in [2.75, 3.05) is 57.3 Å². The molecule has 0 spiro atoms. The van der Waals surface area contributed by atoms with Gasteiger partial charge in [0.2, 0.25) is 11.8 Å².